The average molecular weight is 374 g/mol. The van der Waals surface area contributed by atoms with Gasteiger partial charge in [0.15, 0.2) is 0 Å². The number of nitro benzene ring substituents is 1. The van der Waals surface area contributed by atoms with E-state index in [2.05, 4.69) is 11.9 Å². The van der Waals surface area contributed by atoms with Crippen LogP contribution in [0, 0.1) is 10.1 Å². The van der Waals surface area contributed by atoms with Crippen LogP contribution in [-0.2, 0) is 16.6 Å². The van der Waals surface area contributed by atoms with Gasteiger partial charge in [-0.15, -0.1) is 0 Å². The Morgan fingerprint density at radius 3 is 2.65 bits per heavy atom. The van der Waals surface area contributed by atoms with Gasteiger partial charge in [0, 0.05) is 24.2 Å². The van der Waals surface area contributed by atoms with E-state index in [0.717, 1.165) is 18.4 Å². The molecule has 0 saturated carbocycles. The highest BCUT2D eigenvalue weighted by Crippen LogP contribution is 2.29. The van der Waals surface area contributed by atoms with Gasteiger partial charge in [-0.2, -0.15) is 0 Å². The van der Waals surface area contributed by atoms with Gasteiger partial charge in [0.2, 0.25) is 10.0 Å². The number of non-ortho nitro benzene ring substituents is 1. The van der Waals surface area contributed by atoms with E-state index in [1.807, 2.05) is 4.57 Å². The van der Waals surface area contributed by atoms with Crippen molar-refractivity contribution in [2.75, 3.05) is 0 Å². The number of sulfonamides is 1. The lowest BCUT2D eigenvalue weighted by Crippen LogP contribution is -2.11. The highest BCUT2D eigenvalue weighted by molar-refractivity contribution is 7.89. The predicted molar refractivity (Wildman–Crippen MR) is 98.1 cm³/mol. The van der Waals surface area contributed by atoms with Crippen molar-refractivity contribution in [2.24, 2.45) is 5.14 Å². The topological polar surface area (TPSA) is 121 Å². The normalized spacial score (nSPS) is 11.8. The van der Waals surface area contributed by atoms with Gasteiger partial charge in [0.25, 0.3) is 5.69 Å². The molecule has 0 radical (unpaired) electrons. The van der Waals surface area contributed by atoms with Crippen molar-refractivity contribution in [2.45, 2.75) is 31.2 Å². The van der Waals surface area contributed by atoms with E-state index in [1.165, 1.54) is 24.3 Å². The molecule has 0 aliphatic carbocycles. The molecule has 26 heavy (non-hydrogen) atoms. The average Bonchev–Trinajstić information content (AvgIpc) is 2.97. The second kappa shape index (κ2) is 6.85. The SMILES string of the molecule is CCCCn1c(-c2cccc([N+](=O)[O-])c2)nc2cc(S(N)(=O)=O)ccc21. The number of fused-ring (bicyclic) bond motifs is 1. The van der Waals surface area contributed by atoms with Crippen molar-refractivity contribution in [1.29, 1.82) is 0 Å². The molecule has 136 valence electrons. The maximum Gasteiger partial charge on any atom is 0.270 e. The summed E-state index contributed by atoms with van der Waals surface area (Å²) in [6.45, 7) is 2.73. The smallest absolute Gasteiger partial charge is 0.270 e. The summed E-state index contributed by atoms with van der Waals surface area (Å²) < 4.78 is 25.1. The van der Waals surface area contributed by atoms with E-state index in [-0.39, 0.29) is 10.6 Å². The molecule has 1 heterocycles. The second-order valence-electron chi connectivity index (χ2n) is 5.94. The minimum absolute atomic E-state index is 0.0178. The number of hydrogen-bond acceptors (Lipinski definition) is 5. The first-order chi connectivity index (χ1) is 12.3. The number of unbranched alkanes of at least 4 members (excludes halogenated alkanes) is 1. The van der Waals surface area contributed by atoms with Crippen molar-refractivity contribution in [1.82, 2.24) is 9.55 Å². The van der Waals surface area contributed by atoms with Crippen LogP contribution in [0.15, 0.2) is 47.4 Å². The van der Waals surface area contributed by atoms with Gasteiger partial charge in [-0.3, -0.25) is 10.1 Å². The van der Waals surface area contributed by atoms with Gasteiger partial charge in [0.05, 0.1) is 20.9 Å². The first-order valence-corrected chi connectivity index (χ1v) is 9.64. The molecule has 9 heteroatoms. The van der Waals surface area contributed by atoms with E-state index in [4.69, 9.17) is 5.14 Å². The standard InChI is InChI=1S/C17H18N4O4S/c1-2-3-9-20-16-8-7-14(26(18,24)25)11-15(16)19-17(20)12-5-4-6-13(10-12)21(22)23/h4-8,10-11H,2-3,9H2,1H3,(H2,18,24,25). The molecule has 0 amide bonds. The Labute approximate surface area is 150 Å². The summed E-state index contributed by atoms with van der Waals surface area (Å²) in [5.74, 6) is 0.559. The van der Waals surface area contributed by atoms with E-state index >= 15 is 0 Å². The van der Waals surface area contributed by atoms with Crippen LogP contribution in [0.3, 0.4) is 0 Å². The van der Waals surface area contributed by atoms with Crippen molar-refractivity contribution in [3.05, 3.63) is 52.6 Å². The highest BCUT2D eigenvalue weighted by Gasteiger charge is 2.17. The van der Waals surface area contributed by atoms with Crippen LogP contribution in [0.25, 0.3) is 22.4 Å². The number of nitro groups is 1. The summed E-state index contributed by atoms with van der Waals surface area (Å²) in [6, 6.07) is 10.8. The molecule has 3 rings (SSSR count). The number of benzene rings is 2. The molecule has 2 N–H and O–H groups in total. The molecular weight excluding hydrogens is 356 g/mol. The number of aryl methyl sites for hydroxylation is 1. The summed E-state index contributed by atoms with van der Waals surface area (Å²) in [4.78, 5) is 15.1. The number of imidazole rings is 1. The lowest BCUT2D eigenvalue weighted by molar-refractivity contribution is -0.384. The van der Waals surface area contributed by atoms with Crippen LogP contribution in [0.1, 0.15) is 19.8 Å². The van der Waals surface area contributed by atoms with Gasteiger partial charge in [-0.25, -0.2) is 18.5 Å². The third kappa shape index (κ3) is 3.44. The van der Waals surface area contributed by atoms with E-state index < -0.39 is 14.9 Å². The predicted octanol–water partition coefficient (Wildman–Crippen LogP) is 3.06. The van der Waals surface area contributed by atoms with Crippen molar-refractivity contribution in [3.63, 3.8) is 0 Å². The lowest BCUT2D eigenvalue weighted by Gasteiger charge is -2.08. The zero-order chi connectivity index (χ0) is 18.9. The van der Waals surface area contributed by atoms with Crippen molar-refractivity contribution in [3.8, 4) is 11.4 Å². The number of primary sulfonamides is 1. The summed E-state index contributed by atoms with van der Waals surface area (Å²) in [7, 11) is -3.84. The van der Waals surface area contributed by atoms with Crippen LogP contribution in [0.4, 0.5) is 5.69 Å². The van der Waals surface area contributed by atoms with Gasteiger partial charge < -0.3 is 4.57 Å². The number of hydrogen-bond donors (Lipinski definition) is 1. The monoisotopic (exact) mass is 374 g/mol. The fourth-order valence-electron chi connectivity index (χ4n) is 2.81. The quantitative estimate of drug-likeness (QED) is 0.525. The van der Waals surface area contributed by atoms with Crippen molar-refractivity contribution >= 4 is 26.7 Å². The zero-order valence-electron chi connectivity index (χ0n) is 14.1. The Bertz CT molecular complexity index is 1090. The Morgan fingerprint density at radius 2 is 2.00 bits per heavy atom. The lowest BCUT2D eigenvalue weighted by atomic mass is 10.2. The highest BCUT2D eigenvalue weighted by atomic mass is 32.2. The summed E-state index contributed by atoms with van der Waals surface area (Å²) >= 11 is 0. The number of nitrogens with two attached hydrogens (primary N) is 1. The molecule has 0 unspecified atom stereocenters. The Kier molecular flexibility index (Phi) is 4.75. The first kappa shape index (κ1) is 18.0. The molecule has 1 aromatic heterocycles. The van der Waals surface area contributed by atoms with E-state index in [9.17, 15) is 18.5 Å². The molecule has 0 saturated heterocycles. The third-order valence-electron chi connectivity index (χ3n) is 4.10. The van der Waals surface area contributed by atoms with Gasteiger partial charge in [-0.05, 0) is 24.6 Å². The fourth-order valence-corrected chi connectivity index (χ4v) is 3.34. The summed E-state index contributed by atoms with van der Waals surface area (Å²) in [5.41, 5.74) is 1.81. The van der Waals surface area contributed by atoms with Gasteiger partial charge >= 0.3 is 0 Å². The van der Waals surface area contributed by atoms with Crippen LogP contribution in [0.5, 0.6) is 0 Å². The molecule has 0 aliphatic heterocycles. The number of nitrogens with zero attached hydrogens (tertiary/aromatic N) is 3. The van der Waals surface area contributed by atoms with Crippen LogP contribution >= 0.6 is 0 Å². The van der Waals surface area contributed by atoms with Gasteiger partial charge in [-0.1, -0.05) is 25.5 Å². The number of rotatable bonds is 6. The molecule has 0 spiro atoms. The second-order valence-corrected chi connectivity index (χ2v) is 7.50. The Hall–Kier alpha value is -2.78. The fraction of sp³-hybridized carbons (Fsp3) is 0.235. The van der Waals surface area contributed by atoms with Crippen molar-refractivity contribution < 1.29 is 13.3 Å². The van der Waals surface area contributed by atoms with Crippen LogP contribution < -0.4 is 5.14 Å². The molecule has 2 aromatic carbocycles. The van der Waals surface area contributed by atoms with Crippen LogP contribution in [-0.4, -0.2) is 22.9 Å². The zero-order valence-corrected chi connectivity index (χ0v) is 14.9. The maximum absolute atomic E-state index is 11.6. The minimum atomic E-state index is -3.84. The molecule has 8 nitrogen and oxygen atoms in total. The first-order valence-electron chi connectivity index (χ1n) is 8.09. The summed E-state index contributed by atoms with van der Waals surface area (Å²) in [5, 5.41) is 16.3. The third-order valence-corrected chi connectivity index (χ3v) is 5.01. The molecule has 0 bridgehead atoms. The molecule has 0 atom stereocenters. The van der Waals surface area contributed by atoms with E-state index in [0.29, 0.717) is 23.4 Å². The minimum Gasteiger partial charge on any atom is -0.324 e. The van der Waals surface area contributed by atoms with E-state index in [1.54, 1.807) is 18.2 Å². The number of aromatic nitrogens is 2. The van der Waals surface area contributed by atoms with Gasteiger partial charge in [0.1, 0.15) is 5.82 Å². The van der Waals surface area contributed by atoms with Crippen LogP contribution in [0.2, 0.25) is 0 Å². The Balaban J connectivity index is 2.22. The Morgan fingerprint density at radius 1 is 1.23 bits per heavy atom. The molecule has 0 fully saturated rings. The molecule has 0 aliphatic rings. The largest absolute Gasteiger partial charge is 0.324 e. The molecular formula is C17H18N4O4S. The maximum atomic E-state index is 11.6. The molecule has 3 aromatic rings. The summed E-state index contributed by atoms with van der Waals surface area (Å²) in [6.07, 6.45) is 1.85.